The summed E-state index contributed by atoms with van der Waals surface area (Å²) in [5.74, 6) is 1.04. The van der Waals surface area contributed by atoms with Crippen molar-refractivity contribution in [2.75, 3.05) is 6.61 Å². The molecular formula is C10H16ClN3O. The number of hydrogen-bond acceptors (Lipinski definition) is 3. The Labute approximate surface area is 94.1 Å². The third kappa shape index (κ3) is 2.02. The second kappa shape index (κ2) is 4.51. The maximum Gasteiger partial charge on any atom is 0.152 e. The molecule has 0 aliphatic carbocycles. The average Bonchev–Trinajstić information content (AvgIpc) is 2.54. The van der Waals surface area contributed by atoms with Gasteiger partial charge in [0.2, 0.25) is 0 Å². The Morgan fingerprint density at radius 1 is 1.53 bits per heavy atom. The Morgan fingerprint density at radius 2 is 2.33 bits per heavy atom. The van der Waals surface area contributed by atoms with Crippen LogP contribution in [0.5, 0.6) is 0 Å². The van der Waals surface area contributed by atoms with Gasteiger partial charge in [0.1, 0.15) is 5.82 Å². The Hall–Kier alpha value is -0.580. The molecule has 0 saturated heterocycles. The fourth-order valence-corrected chi connectivity index (χ4v) is 2.44. The number of imidazole rings is 1. The molecule has 0 aromatic carbocycles. The van der Waals surface area contributed by atoms with Crippen molar-refractivity contribution in [3.63, 3.8) is 0 Å². The third-order valence-corrected chi connectivity index (χ3v) is 3.14. The summed E-state index contributed by atoms with van der Waals surface area (Å²) < 4.78 is 2.12. The SMILES string of the molecule is NC(CCO)c1c(Cl)nc2n1CCCC2. The van der Waals surface area contributed by atoms with E-state index < -0.39 is 0 Å². The molecule has 0 spiro atoms. The van der Waals surface area contributed by atoms with E-state index in [1.807, 2.05) is 0 Å². The van der Waals surface area contributed by atoms with Gasteiger partial charge in [-0.05, 0) is 19.3 Å². The van der Waals surface area contributed by atoms with Gasteiger partial charge in [-0.15, -0.1) is 0 Å². The maximum absolute atomic E-state index is 8.88. The summed E-state index contributed by atoms with van der Waals surface area (Å²) in [5.41, 5.74) is 6.86. The molecule has 0 bridgehead atoms. The van der Waals surface area contributed by atoms with Gasteiger partial charge >= 0.3 is 0 Å². The number of rotatable bonds is 3. The van der Waals surface area contributed by atoms with Crippen LogP contribution in [0.3, 0.4) is 0 Å². The number of aliphatic hydroxyl groups is 1. The maximum atomic E-state index is 8.88. The third-order valence-electron chi connectivity index (χ3n) is 2.86. The topological polar surface area (TPSA) is 64.1 Å². The largest absolute Gasteiger partial charge is 0.396 e. The van der Waals surface area contributed by atoms with Crippen LogP contribution in [-0.4, -0.2) is 21.3 Å². The quantitative estimate of drug-likeness (QED) is 0.820. The summed E-state index contributed by atoms with van der Waals surface area (Å²) >= 11 is 6.07. The molecule has 5 heteroatoms. The first-order chi connectivity index (χ1) is 7.24. The average molecular weight is 230 g/mol. The number of hydrogen-bond donors (Lipinski definition) is 2. The van der Waals surface area contributed by atoms with Crippen molar-refractivity contribution in [2.45, 2.75) is 38.3 Å². The van der Waals surface area contributed by atoms with Gasteiger partial charge in [-0.2, -0.15) is 0 Å². The molecule has 1 atom stereocenters. The first-order valence-corrected chi connectivity index (χ1v) is 5.73. The van der Waals surface area contributed by atoms with Crippen LogP contribution in [0.15, 0.2) is 0 Å². The van der Waals surface area contributed by atoms with Crippen LogP contribution < -0.4 is 5.73 Å². The molecular weight excluding hydrogens is 214 g/mol. The summed E-state index contributed by atoms with van der Waals surface area (Å²) in [6.45, 7) is 1.03. The van der Waals surface area contributed by atoms with E-state index in [-0.39, 0.29) is 12.6 Å². The standard InChI is InChI=1S/C10H16ClN3O/c11-10-9(7(12)4-6-15)14-5-2-1-3-8(14)13-10/h7,15H,1-6,12H2. The molecule has 0 amide bonds. The Balaban J connectivity index is 2.32. The molecule has 2 rings (SSSR count). The van der Waals surface area contributed by atoms with Crippen molar-refractivity contribution >= 4 is 11.6 Å². The second-order valence-electron chi connectivity index (χ2n) is 3.93. The van der Waals surface area contributed by atoms with Crippen molar-refractivity contribution in [1.82, 2.24) is 9.55 Å². The summed E-state index contributed by atoms with van der Waals surface area (Å²) in [6.07, 6.45) is 3.83. The van der Waals surface area contributed by atoms with E-state index in [1.54, 1.807) is 0 Å². The first-order valence-electron chi connectivity index (χ1n) is 5.35. The molecule has 1 unspecified atom stereocenters. The van der Waals surface area contributed by atoms with Crippen molar-refractivity contribution in [3.05, 3.63) is 16.7 Å². The van der Waals surface area contributed by atoms with Gasteiger partial charge < -0.3 is 15.4 Å². The van der Waals surface area contributed by atoms with Crippen molar-refractivity contribution < 1.29 is 5.11 Å². The number of aryl methyl sites for hydroxylation is 1. The summed E-state index contributed by atoms with van der Waals surface area (Å²) in [5, 5.41) is 9.38. The lowest BCUT2D eigenvalue weighted by molar-refractivity contribution is 0.274. The summed E-state index contributed by atoms with van der Waals surface area (Å²) in [6, 6.07) is -0.207. The van der Waals surface area contributed by atoms with Gasteiger partial charge in [-0.25, -0.2) is 4.98 Å². The fraction of sp³-hybridized carbons (Fsp3) is 0.700. The minimum absolute atomic E-state index is 0.0814. The molecule has 0 fully saturated rings. The molecule has 4 nitrogen and oxygen atoms in total. The lowest BCUT2D eigenvalue weighted by Gasteiger charge is -2.19. The zero-order valence-corrected chi connectivity index (χ0v) is 9.37. The van der Waals surface area contributed by atoms with Gasteiger partial charge in [0.05, 0.1) is 11.7 Å². The number of aliphatic hydroxyl groups excluding tert-OH is 1. The van der Waals surface area contributed by atoms with Gasteiger partial charge in [-0.1, -0.05) is 11.6 Å². The van der Waals surface area contributed by atoms with E-state index in [0.717, 1.165) is 30.9 Å². The Kier molecular flexibility index (Phi) is 3.29. The highest BCUT2D eigenvalue weighted by Crippen LogP contribution is 2.28. The van der Waals surface area contributed by atoms with E-state index in [9.17, 15) is 0 Å². The number of nitrogens with two attached hydrogens (primary N) is 1. The normalized spacial score (nSPS) is 17.5. The molecule has 1 aromatic heterocycles. The van der Waals surface area contributed by atoms with E-state index in [0.29, 0.717) is 11.6 Å². The van der Waals surface area contributed by atoms with Crippen LogP contribution in [0, 0.1) is 0 Å². The van der Waals surface area contributed by atoms with E-state index >= 15 is 0 Å². The van der Waals surface area contributed by atoms with Crippen LogP contribution in [0.25, 0.3) is 0 Å². The lowest BCUT2D eigenvalue weighted by atomic mass is 10.1. The van der Waals surface area contributed by atoms with Crippen molar-refractivity contribution in [1.29, 1.82) is 0 Å². The van der Waals surface area contributed by atoms with Crippen molar-refractivity contribution in [3.8, 4) is 0 Å². The van der Waals surface area contributed by atoms with Crippen LogP contribution in [0.2, 0.25) is 5.15 Å². The molecule has 1 aliphatic heterocycles. The highest BCUT2D eigenvalue weighted by molar-refractivity contribution is 6.30. The van der Waals surface area contributed by atoms with Crippen LogP contribution in [0.4, 0.5) is 0 Å². The number of fused-ring (bicyclic) bond motifs is 1. The van der Waals surface area contributed by atoms with Gasteiger partial charge in [0.15, 0.2) is 5.15 Å². The molecule has 3 N–H and O–H groups in total. The summed E-state index contributed by atoms with van der Waals surface area (Å²) in [7, 11) is 0. The van der Waals surface area contributed by atoms with Crippen LogP contribution in [0.1, 0.15) is 36.8 Å². The number of halogens is 1. The molecule has 1 aliphatic rings. The monoisotopic (exact) mass is 229 g/mol. The van der Waals surface area contributed by atoms with Gasteiger partial charge in [0.25, 0.3) is 0 Å². The molecule has 84 valence electrons. The van der Waals surface area contributed by atoms with Crippen LogP contribution in [-0.2, 0) is 13.0 Å². The van der Waals surface area contributed by atoms with E-state index in [4.69, 9.17) is 22.4 Å². The predicted octanol–water partition coefficient (Wildman–Crippen LogP) is 1.26. The fourth-order valence-electron chi connectivity index (χ4n) is 2.10. The highest BCUT2D eigenvalue weighted by atomic mass is 35.5. The Bertz CT molecular complexity index is 351. The predicted molar refractivity (Wildman–Crippen MR) is 58.8 cm³/mol. The summed E-state index contributed by atoms with van der Waals surface area (Å²) in [4.78, 5) is 4.32. The minimum Gasteiger partial charge on any atom is -0.396 e. The smallest absolute Gasteiger partial charge is 0.152 e. The van der Waals surface area contributed by atoms with Crippen LogP contribution >= 0.6 is 11.6 Å². The zero-order chi connectivity index (χ0) is 10.8. The highest BCUT2D eigenvalue weighted by Gasteiger charge is 2.22. The Morgan fingerprint density at radius 3 is 3.07 bits per heavy atom. The van der Waals surface area contributed by atoms with Crippen molar-refractivity contribution in [2.24, 2.45) is 5.73 Å². The molecule has 2 heterocycles. The zero-order valence-electron chi connectivity index (χ0n) is 8.62. The molecule has 0 radical (unpaired) electrons. The minimum atomic E-state index is -0.207. The number of nitrogens with zero attached hydrogens (tertiary/aromatic N) is 2. The molecule has 0 saturated carbocycles. The first kappa shape index (κ1) is 10.9. The van der Waals surface area contributed by atoms with E-state index in [1.165, 1.54) is 6.42 Å². The molecule has 15 heavy (non-hydrogen) atoms. The second-order valence-corrected chi connectivity index (χ2v) is 4.29. The lowest BCUT2D eigenvalue weighted by Crippen LogP contribution is -2.20. The van der Waals surface area contributed by atoms with E-state index in [2.05, 4.69) is 9.55 Å². The number of aromatic nitrogens is 2. The van der Waals surface area contributed by atoms with Gasteiger partial charge in [-0.3, -0.25) is 0 Å². The van der Waals surface area contributed by atoms with Gasteiger partial charge in [0, 0.05) is 19.6 Å². The molecule has 1 aromatic rings.